The number of hydrogen-bond donors (Lipinski definition) is 1. The van der Waals surface area contributed by atoms with E-state index in [1.54, 1.807) is 11.3 Å². The average Bonchev–Trinajstić information content (AvgIpc) is 2.53. The number of aromatic nitrogens is 1. The van der Waals surface area contributed by atoms with Crippen molar-refractivity contribution in [1.82, 2.24) is 10.3 Å². The Kier molecular flexibility index (Phi) is 3.87. The summed E-state index contributed by atoms with van der Waals surface area (Å²) in [6, 6.07) is 2.14. The Balaban J connectivity index is 2.39. The number of nitriles is 1. The van der Waals surface area contributed by atoms with Gasteiger partial charge in [-0.25, -0.2) is 4.98 Å². The molecule has 4 heteroatoms. The lowest BCUT2D eigenvalue weighted by Gasteiger charge is -2.05. The van der Waals surface area contributed by atoms with E-state index in [0.717, 1.165) is 17.1 Å². The van der Waals surface area contributed by atoms with E-state index in [0.29, 0.717) is 6.54 Å². The normalized spacial score (nSPS) is 12.4. The summed E-state index contributed by atoms with van der Waals surface area (Å²) in [5, 5.41) is 14.9. The Labute approximate surface area is 82.4 Å². The molecular weight excluding hydrogens is 182 g/mol. The number of hydrogen-bond acceptors (Lipinski definition) is 4. The first kappa shape index (κ1) is 10.2. The lowest BCUT2D eigenvalue weighted by atomic mass is 10.2. The van der Waals surface area contributed by atoms with E-state index in [1.807, 2.05) is 19.2 Å². The van der Waals surface area contributed by atoms with E-state index in [4.69, 9.17) is 5.26 Å². The summed E-state index contributed by atoms with van der Waals surface area (Å²) in [5.41, 5.74) is 1.05. The van der Waals surface area contributed by atoms with Gasteiger partial charge in [0.25, 0.3) is 0 Å². The molecular formula is C9H13N3S. The molecule has 1 unspecified atom stereocenters. The maximum Gasteiger partial charge on any atom is 0.107 e. The molecule has 0 bridgehead atoms. The first-order valence-electron chi connectivity index (χ1n) is 4.30. The number of nitrogens with zero attached hydrogens (tertiary/aromatic N) is 2. The van der Waals surface area contributed by atoms with Gasteiger partial charge in [0.05, 0.1) is 12.1 Å². The quantitative estimate of drug-likeness (QED) is 0.797. The average molecular weight is 195 g/mol. The van der Waals surface area contributed by atoms with Crippen molar-refractivity contribution in [2.75, 3.05) is 0 Å². The lowest BCUT2D eigenvalue weighted by Crippen LogP contribution is -2.25. The van der Waals surface area contributed by atoms with E-state index in [2.05, 4.69) is 16.4 Å². The zero-order valence-corrected chi connectivity index (χ0v) is 8.69. The summed E-state index contributed by atoms with van der Waals surface area (Å²) < 4.78 is 0. The molecule has 13 heavy (non-hydrogen) atoms. The molecule has 1 heterocycles. The van der Waals surface area contributed by atoms with E-state index >= 15 is 0 Å². The summed E-state index contributed by atoms with van der Waals surface area (Å²) in [7, 11) is 0. The summed E-state index contributed by atoms with van der Waals surface area (Å²) in [6.07, 6.45) is 0.834. The van der Waals surface area contributed by atoms with Gasteiger partial charge < -0.3 is 0 Å². The second-order valence-corrected chi connectivity index (χ2v) is 3.80. The third-order valence-electron chi connectivity index (χ3n) is 1.73. The Hall–Kier alpha value is -0.920. The van der Waals surface area contributed by atoms with E-state index in [9.17, 15) is 0 Å². The van der Waals surface area contributed by atoms with E-state index in [-0.39, 0.29) is 6.04 Å². The first-order valence-corrected chi connectivity index (χ1v) is 5.18. The summed E-state index contributed by atoms with van der Waals surface area (Å²) >= 11 is 1.63. The molecule has 0 saturated carbocycles. The van der Waals surface area contributed by atoms with Gasteiger partial charge in [0, 0.05) is 17.6 Å². The highest BCUT2D eigenvalue weighted by molar-refractivity contribution is 7.09. The molecule has 0 amide bonds. The molecule has 70 valence electrons. The third-order valence-corrected chi connectivity index (χ3v) is 2.70. The van der Waals surface area contributed by atoms with Crippen LogP contribution in [0.1, 0.15) is 24.0 Å². The monoisotopic (exact) mass is 195 g/mol. The minimum absolute atomic E-state index is 0.0517. The highest BCUT2D eigenvalue weighted by Crippen LogP contribution is 2.08. The van der Waals surface area contributed by atoms with Crippen molar-refractivity contribution in [1.29, 1.82) is 5.26 Å². The topological polar surface area (TPSA) is 48.7 Å². The fourth-order valence-electron chi connectivity index (χ4n) is 0.976. The van der Waals surface area contributed by atoms with Crippen LogP contribution in [0.3, 0.4) is 0 Å². The second kappa shape index (κ2) is 4.95. The maximum absolute atomic E-state index is 8.68. The summed E-state index contributed by atoms with van der Waals surface area (Å²) in [5.74, 6) is 0. The molecule has 1 atom stereocenters. The van der Waals surface area contributed by atoms with Gasteiger partial charge in [-0.3, -0.25) is 5.32 Å². The summed E-state index contributed by atoms with van der Waals surface area (Å²) in [4.78, 5) is 4.30. The molecule has 0 aliphatic carbocycles. The number of thiazole rings is 1. The number of nitrogens with one attached hydrogen (secondary N) is 1. The van der Waals surface area contributed by atoms with Crippen LogP contribution < -0.4 is 5.32 Å². The predicted molar refractivity (Wildman–Crippen MR) is 53.4 cm³/mol. The number of aryl methyl sites for hydroxylation is 1. The molecule has 0 fully saturated rings. The molecule has 0 saturated heterocycles. The van der Waals surface area contributed by atoms with Crippen molar-refractivity contribution in [3.63, 3.8) is 0 Å². The van der Waals surface area contributed by atoms with Crippen LogP contribution in [0.5, 0.6) is 0 Å². The lowest BCUT2D eigenvalue weighted by molar-refractivity contribution is 0.585. The fourth-order valence-corrected chi connectivity index (χ4v) is 1.70. The third kappa shape index (κ3) is 3.13. The Bertz CT molecular complexity index is 300. The van der Waals surface area contributed by atoms with Crippen LogP contribution in [0, 0.1) is 18.3 Å². The van der Waals surface area contributed by atoms with Crippen LogP contribution in [0.25, 0.3) is 0 Å². The number of rotatable bonds is 4. The van der Waals surface area contributed by atoms with Crippen LogP contribution in [0.4, 0.5) is 0 Å². The van der Waals surface area contributed by atoms with Gasteiger partial charge in [-0.1, -0.05) is 6.92 Å². The zero-order chi connectivity index (χ0) is 9.68. The molecule has 0 aliphatic heterocycles. The molecule has 1 rings (SSSR count). The molecule has 1 aromatic heterocycles. The SMILES string of the molecule is CCC(C#N)NCc1nc(C)cs1. The van der Waals surface area contributed by atoms with Crippen molar-refractivity contribution in [2.24, 2.45) is 0 Å². The molecule has 1 aromatic rings. The smallest absolute Gasteiger partial charge is 0.107 e. The van der Waals surface area contributed by atoms with Crippen molar-refractivity contribution in [3.8, 4) is 6.07 Å². The van der Waals surface area contributed by atoms with Gasteiger partial charge in [-0.15, -0.1) is 11.3 Å². The fraction of sp³-hybridized carbons (Fsp3) is 0.556. The minimum atomic E-state index is -0.0517. The molecule has 3 nitrogen and oxygen atoms in total. The van der Waals surface area contributed by atoms with Crippen LogP contribution in [0.2, 0.25) is 0 Å². The molecule has 0 aromatic carbocycles. The minimum Gasteiger partial charge on any atom is -0.295 e. The standard InChI is InChI=1S/C9H13N3S/c1-3-8(4-10)11-5-9-12-7(2)6-13-9/h6,8,11H,3,5H2,1-2H3. The molecule has 1 N–H and O–H groups in total. The highest BCUT2D eigenvalue weighted by Gasteiger charge is 2.04. The van der Waals surface area contributed by atoms with Gasteiger partial charge in [0.2, 0.25) is 0 Å². The Morgan fingerprint density at radius 3 is 3.00 bits per heavy atom. The molecule has 0 radical (unpaired) electrons. The first-order chi connectivity index (χ1) is 6.26. The van der Waals surface area contributed by atoms with Crippen molar-refractivity contribution < 1.29 is 0 Å². The van der Waals surface area contributed by atoms with Gasteiger partial charge in [0.15, 0.2) is 0 Å². The van der Waals surface area contributed by atoms with Crippen LogP contribution in [-0.4, -0.2) is 11.0 Å². The maximum atomic E-state index is 8.68. The largest absolute Gasteiger partial charge is 0.295 e. The zero-order valence-electron chi connectivity index (χ0n) is 7.87. The molecule has 0 spiro atoms. The predicted octanol–water partition coefficient (Wildman–Crippen LogP) is 1.84. The highest BCUT2D eigenvalue weighted by atomic mass is 32.1. The molecule has 0 aliphatic rings. The van der Waals surface area contributed by atoms with Crippen molar-refractivity contribution in [2.45, 2.75) is 32.9 Å². The van der Waals surface area contributed by atoms with Crippen LogP contribution >= 0.6 is 11.3 Å². The van der Waals surface area contributed by atoms with Crippen LogP contribution in [-0.2, 0) is 6.54 Å². The van der Waals surface area contributed by atoms with Gasteiger partial charge in [-0.2, -0.15) is 5.26 Å². The second-order valence-electron chi connectivity index (χ2n) is 2.85. The van der Waals surface area contributed by atoms with Crippen LogP contribution in [0.15, 0.2) is 5.38 Å². The van der Waals surface area contributed by atoms with Gasteiger partial charge in [-0.05, 0) is 13.3 Å². The van der Waals surface area contributed by atoms with Crippen molar-refractivity contribution >= 4 is 11.3 Å². The van der Waals surface area contributed by atoms with E-state index < -0.39 is 0 Å². The van der Waals surface area contributed by atoms with E-state index in [1.165, 1.54) is 0 Å². The Morgan fingerprint density at radius 1 is 1.77 bits per heavy atom. The summed E-state index contributed by atoms with van der Waals surface area (Å²) in [6.45, 7) is 4.67. The van der Waals surface area contributed by atoms with Crippen molar-refractivity contribution in [3.05, 3.63) is 16.1 Å². The Morgan fingerprint density at radius 2 is 2.54 bits per heavy atom. The van der Waals surface area contributed by atoms with Gasteiger partial charge >= 0.3 is 0 Å². The van der Waals surface area contributed by atoms with Gasteiger partial charge in [0.1, 0.15) is 5.01 Å².